The van der Waals surface area contributed by atoms with E-state index in [0.717, 1.165) is 26.6 Å². The summed E-state index contributed by atoms with van der Waals surface area (Å²) < 4.78 is 1.81. The van der Waals surface area contributed by atoms with Crippen LogP contribution in [0.2, 0.25) is 0 Å². The zero-order valence-electron chi connectivity index (χ0n) is 14.3. The molecular formula is C19H16N4OS2. The van der Waals surface area contributed by atoms with Gasteiger partial charge in [-0.25, -0.2) is 14.6 Å². The Labute approximate surface area is 159 Å². The molecule has 4 aromatic rings. The summed E-state index contributed by atoms with van der Waals surface area (Å²) >= 11 is 2.88. The van der Waals surface area contributed by atoms with Gasteiger partial charge in [-0.05, 0) is 48.6 Å². The van der Waals surface area contributed by atoms with Gasteiger partial charge in [-0.15, -0.1) is 11.3 Å². The Balaban J connectivity index is 1.64. The molecule has 4 rings (SSSR count). The molecule has 3 aromatic heterocycles. The summed E-state index contributed by atoms with van der Waals surface area (Å²) in [6.45, 7) is 4.17. The number of thioether (sulfide) groups is 1. The summed E-state index contributed by atoms with van der Waals surface area (Å²) in [5.74, 6) is 0.458. The smallest absolute Gasteiger partial charge is 0.183 e. The van der Waals surface area contributed by atoms with Crippen molar-refractivity contribution < 1.29 is 4.79 Å². The van der Waals surface area contributed by atoms with Gasteiger partial charge in [0.2, 0.25) is 0 Å². The van der Waals surface area contributed by atoms with Crippen molar-refractivity contribution in [3.05, 3.63) is 64.2 Å². The van der Waals surface area contributed by atoms with Gasteiger partial charge in [0.1, 0.15) is 11.4 Å². The van der Waals surface area contributed by atoms with Crippen molar-refractivity contribution in [2.24, 2.45) is 0 Å². The molecule has 0 saturated carbocycles. The minimum absolute atomic E-state index is 0.110. The first-order valence-corrected chi connectivity index (χ1v) is 9.96. The first-order chi connectivity index (χ1) is 12.6. The fourth-order valence-corrected chi connectivity index (χ4v) is 4.23. The maximum absolute atomic E-state index is 12.2. The molecule has 5 nitrogen and oxygen atoms in total. The zero-order valence-corrected chi connectivity index (χ0v) is 16.0. The maximum atomic E-state index is 12.2. The van der Waals surface area contributed by atoms with Crippen molar-refractivity contribution in [1.29, 1.82) is 0 Å². The predicted octanol–water partition coefficient (Wildman–Crippen LogP) is 4.47. The highest BCUT2D eigenvalue weighted by Gasteiger charge is 2.14. The van der Waals surface area contributed by atoms with Gasteiger partial charge in [0.15, 0.2) is 11.4 Å². The van der Waals surface area contributed by atoms with Crippen molar-refractivity contribution in [2.45, 2.75) is 18.9 Å². The number of aryl methyl sites for hydroxylation is 2. The quantitative estimate of drug-likeness (QED) is 0.290. The molecule has 1 aromatic carbocycles. The minimum atomic E-state index is 0.110. The third-order valence-electron chi connectivity index (χ3n) is 4.20. The molecule has 0 N–H and O–H groups in total. The minimum Gasteiger partial charge on any atom is -0.292 e. The number of thiophene rings is 1. The van der Waals surface area contributed by atoms with E-state index in [0.29, 0.717) is 5.75 Å². The van der Waals surface area contributed by atoms with Crippen LogP contribution in [0, 0.1) is 13.8 Å². The van der Waals surface area contributed by atoms with Gasteiger partial charge in [0, 0.05) is 0 Å². The standard InChI is InChI=1S/C19H16N4OS2/c1-12-5-6-14(8-13(12)2)23-18-15(9-22-23)19(21-11-20-18)26-10-16(24)17-4-3-7-25-17/h3-9,11H,10H2,1-2H3. The number of hydrogen-bond donors (Lipinski definition) is 0. The third kappa shape index (κ3) is 3.15. The van der Waals surface area contributed by atoms with Gasteiger partial charge in [0.25, 0.3) is 0 Å². The van der Waals surface area contributed by atoms with Crippen LogP contribution in [0.4, 0.5) is 0 Å². The Morgan fingerprint density at radius 1 is 1.19 bits per heavy atom. The Morgan fingerprint density at radius 2 is 2.08 bits per heavy atom. The molecule has 0 atom stereocenters. The Kier molecular flexibility index (Phi) is 4.57. The van der Waals surface area contributed by atoms with Crippen LogP contribution in [0.5, 0.6) is 0 Å². The number of carbonyl (C=O) groups is 1. The summed E-state index contributed by atoms with van der Waals surface area (Å²) in [6.07, 6.45) is 3.29. The molecule has 0 aliphatic heterocycles. The number of fused-ring (bicyclic) bond motifs is 1. The monoisotopic (exact) mass is 380 g/mol. The van der Waals surface area contributed by atoms with E-state index < -0.39 is 0 Å². The number of nitrogens with zero attached hydrogens (tertiary/aromatic N) is 4. The molecule has 0 saturated heterocycles. The maximum Gasteiger partial charge on any atom is 0.183 e. The molecule has 0 radical (unpaired) electrons. The lowest BCUT2D eigenvalue weighted by Crippen LogP contribution is -2.01. The molecule has 26 heavy (non-hydrogen) atoms. The second-order valence-electron chi connectivity index (χ2n) is 5.93. The van der Waals surface area contributed by atoms with E-state index in [1.807, 2.05) is 28.3 Å². The first-order valence-electron chi connectivity index (χ1n) is 8.09. The number of rotatable bonds is 5. The number of Topliss-reactive ketones (excluding diaryl/α,β-unsaturated/α-hetero) is 1. The lowest BCUT2D eigenvalue weighted by molar-refractivity contribution is 0.102. The lowest BCUT2D eigenvalue weighted by Gasteiger charge is -2.06. The summed E-state index contributed by atoms with van der Waals surface area (Å²) in [6, 6.07) is 9.94. The van der Waals surface area contributed by atoms with E-state index in [9.17, 15) is 4.79 Å². The second-order valence-corrected chi connectivity index (χ2v) is 7.84. The average Bonchev–Trinajstić information content (AvgIpc) is 3.32. The van der Waals surface area contributed by atoms with Gasteiger partial charge in [-0.2, -0.15) is 5.10 Å². The number of benzene rings is 1. The van der Waals surface area contributed by atoms with Crippen LogP contribution in [0.1, 0.15) is 20.8 Å². The normalized spacial score (nSPS) is 11.2. The Morgan fingerprint density at radius 3 is 2.85 bits per heavy atom. The van der Waals surface area contributed by atoms with E-state index in [1.165, 1.54) is 40.6 Å². The Hall–Kier alpha value is -2.51. The number of aromatic nitrogens is 4. The molecule has 130 valence electrons. The second kappa shape index (κ2) is 7.01. The van der Waals surface area contributed by atoms with Crippen LogP contribution in [0.3, 0.4) is 0 Å². The van der Waals surface area contributed by atoms with Gasteiger partial charge in [0.05, 0.1) is 27.9 Å². The largest absolute Gasteiger partial charge is 0.292 e. The summed E-state index contributed by atoms with van der Waals surface area (Å²) in [4.78, 5) is 21.8. The van der Waals surface area contributed by atoms with Crippen LogP contribution in [-0.4, -0.2) is 31.3 Å². The van der Waals surface area contributed by atoms with Crippen LogP contribution in [0.15, 0.2) is 53.3 Å². The summed E-state index contributed by atoms with van der Waals surface area (Å²) in [7, 11) is 0. The van der Waals surface area contributed by atoms with Crippen LogP contribution >= 0.6 is 23.1 Å². The topological polar surface area (TPSA) is 60.7 Å². The third-order valence-corrected chi connectivity index (χ3v) is 6.12. The molecule has 0 aliphatic carbocycles. The van der Waals surface area contributed by atoms with Crippen LogP contribution in [0.25, 0.3) is 16.7 Å². The van der Waals surface area contributed by atoms with Crippen molar-refractivity contribution >= 4 is 39.9 Å². The van der Waals surface area contributed by atoms with Crippen molar-refractivity contribution in [2.75, 3.05) is 5.75 Å². The van der Waals surface area contributed by atoms with Crippen molar-refractivity contribution in [3.63, 3.8) is 0 Å². The van der Waals surface area contributed by atoms with Gasteiger partial charge in [-0.1, -0.05) is 23.9 Å². The van der Waals surface area contributed by atoms with Gasteiger partial charge in [-0.3, -0.25) is 4.79 Å². The lowest BCUT2D eigenvalue weighted by atomic mass is 10.1. The highest BCUT2D eigenvalue weighted by atomic mass is 32.2. The Bertz CT molecular complexity index is 1090. The van der Waals surface area contributed by atoms with E-state index >= 15 is 0 Å². The first kappa shape index (κ1) is 16.9. The van der Waals surface area contributed by atoms with Crippen molar-refractivity contribution in [1.82, 2.24) is 19.7 Å². The molecule has 0 fully saturated rings. The van der Waals surface area contributed by atoms with Crippen LogP contribution in [-0.2, 0) is 0 Å². The zero-order chi connectivity index (χ0) is 18.1. The predicted molar refractivity (Wildman–Crippen MR) is 106 cm³/mol. The number of carbonyl (C=O) groups excluding carboxylic acids is 1. The highest BCUT2D eigenvalue weighted by molar-refractivity contribution is 8.00. The fourth-order valence-electron chi connectivity index (χ4n) is 2.63. The summed E-state index contributed by atoms with van der Waals surface area (Å²) in [5.41, 5.74) is 4.15. The molecule has 0 aliphatic rings. The van der Waals surface area contributed by atoms with E-state index in [1.54, 1.807) is 6.20 Å². The van der Waals surface area contributed by atoms with E-state index in [-0.39, 0.29) is 5.78 Å². The van der Waals surface area contributed by atoms with Gasteiger partial charge < -0.3 is 0 Å². The highest BCUT2D eigenvalue weighted by Crippen LogP contribution is 2.27. The molecular weight excluding hydrogens is 364 g/mol. The van der Waals surface area contributed by atoms with E-state index in [4.69, 9.17) is 0 Å². The van der Waals surface area contributed by atoms with Crippen LogP contribution < -0.4 is 0 Å². The molecule has 7 heteroatoms. The molecule has 3 heterocycles. The molecule has 0 spiro atoms. The average molecular weight is 380 g/mol. The fraction of sp³-hybridized carbons (Fsp3) is 0.158. The molecule has 0 amide bonds. The van der Waals surface area contributed by atoms with Crippen molar-refractivity contribution in [3.8, 4) is 5.69 Å². The van der Waals surface area contributed by atoms with Gasteiger partial charge >= 0.3 is 0 Å². The molecule has 0 bridgehead atoms. The van der Waals surface area contributed by atoms with E-state index in [2.05, 4.69) is 41.0 Å². The molecule has 0 unspecified atom stereocenters. The SMILES string of the molecule is Cc1ccc(-n2ncc3c(SCC(=O)c4cccs4)ncnc32)cc1C. The number of ketones is 1. The summed E-state index contributed by atoms with van der Waals surface area (Å²) in [5, 5.41) is 8.03. The number of hydrogen-bond acceptors (Lipinski definition) is 6.